The first kappa shape index (κ1) is 22.1. The van der Waals surface area contributed by atoms with Gasteiger partial charge < -0.3 is 5.32 Å². The van der Waals surface area contributed by atoms with Crippen LogP contribution >= 0.6 is 11.8 Å². The fraction of sp³-hybridized carbons (Fsp3) is 0.375. The average molecular weight is 424 g/mol. The number of carbonyl (C=O) groups excluding carboxylic acids is 2. The highest BCUT2D eigenvalue weighted by Gasteiger charge is 2.38. The number of hydrogen-bond donors (Lipinski definition) is 1. The lowest BCUT2D eigenvalue weighted by Crippen LogP contribution is -2.34. The second kappa shape index (κ2) is 9.47. The summed E-state index contributed by atoms with van der Waals surface area (Å²) in [6, 6.07) is 12.0. The van der Waals surface area contributed by atoms with Crippen molar-refractivity contribution in [2.45, 2.75) is 52.7 Å². The molecule has 0 aromatic heterocycles. The van der Waals surface area contributed by atoms with Crippen LogP contribution in [-0.2, 0) is 9.59 Å². The summed E-state index contributed by atoms with van der Waals surface area (Å²) in [5.41, 5.74) is 5.96. The van der Waals surface area contributed by atoms with E-state index >= 15 is 0 Å². The first-order valence-electron chi connectivity index (χ1n) is 10.3. The number of amides is 2. The molecule has 1 atom stereocenters. The largest absolute Gasteiger partial charge is 0.326 e. The molecule has 1 fully saturated rings. The molecule has 1 unspecified atom stereocenters. The number of carbonyl (C=O) groups is 2. The zero-order valence-electron chi connectivity index (χ0n) is 18.3. The molecule has 1 saturated heterocycles. The van der Waals surface area contributed by atoms with Gasteiger partial charge in [0.2, 0.25) is 11.8 Å². The number of anilines is 1. The smallest absolute Gasteiger partial charge is 0.242 e. The second-order valence-corrected chi connectivity index (χ2v) is 8.97. The monoisotopic (exact) mass is 423 g/mol. The van der Waals surface area contributed by atoms with E-state index in [1.165, 1.54) is 17.3 Å². The quantitative estimate of drug-likeness (QED) is 0.687. The highest BCUT2D eigenvalue weighted by Crippen LogP contribution is 2.33. The van der Waals surface area contributed by atoms with Gasteiger partial charge in [-0.15, -0.1) is 0 Å². The standard InChI is InChI=1S/C24H29N3O2S/c1-6-12-27-23(29)20(14-21(28)26-22-16(3)8-7-9-17(22)4)30-24(27)25-19-11-10-15(2)13-18(19)5/h7-11,13,20H,6,12,14H2,1-5H3,(H,26,28). The highest BCUT2D eigenvalue weighted by molar-refractivity contribution is 8.15. The van der Waals surface area contributed by atoms with Crippen molar-refractivity contribution in [3.63, 3.8) is 0 Å². The molecule has 0 aliphatic carbocycles. The second-order valence-electron chi connectivity index (χ2n) is 7.80. The average Bonchev–Trinajstić information content (AvgIpc) is 2.96. The van der Waals surface area contributed by atoms with Crippen LogP contribution in [-0.4, -0.2) is 33.7 Å². The third-order valence-electron chi connectivity index (χ3n) is 5.15. The summed E-state index contributed by atoms with van der Waals surface area (Å²) in [6.45, 7) is 10.6. The summed E-state index contributed by atoms with van der Waals surface area (Å²) >= 11 is 1.39. The van der Waals surface area contributed by atoms with Gasteiger partial charge in [-0.1, -0.05) is 54.6 Å². The Balaban J connectivity index is 1.78. The summed E-state index contributed by atoms with van der Waals surface area (Å²) in [5, 5.41) is 3.22. The Labute approximate surface area is 183 Å². The molecule has 1 aliphatic heterocycles. The van der Waals surface area contributed by atoms with E-state index in [-0.39, 0.29) is 18.2 Å². The van der Waals surface area contributed by atoms with Gasteiger partial charge in [-0.25, -0.2) is 4.99 Å². The molecular weight excluding hydrogens is 394 g/mol. The fourth-order valence-corrected chi connectivity index (χ4v) is 4.74. The number of aryl methyl sites for hydroxylation is 4. The van der Waals surface area contributed by atoms with Gasteiger partial charge in [0, 0.05) is 18.7 Å². The third kappa shape index (κ3) is 4.93. The number of amidine groups is 1. The number of thioether (sulfide) groups is 1. The molecule has 0 saturated carbocycles. The Bertz CT molecular complexity index is 980. The van der Waals surface area contributed by atoms with Gasteiger partial charge in [-0.05, 0) is 56.9 Å². The Morgan fingerprint density at radius 3 is 2.43 bits per heavy atom. The summed E-state index contributed by atoms with van der Waals surface area (Å²) in [7, 11) is 0. The minimum atomic E-state index is -0.453. The minimum Gasteiger partial charge on any atom is -0.326 e. The van der Waals surface area contributed by atoms with Crippen molar-refractivity contribution in [3.8, 4) is 0 Å². The molecule has 2 aromatic rings. The number of nitrogens with one attached hydrogen (secondary N) is 1. The summed E-state index contributed by atoms with van der Waals surface area (Å²) in [6.07, 6.45) is 0.961. The lowest BCUT2D eigenvalue weighted by atomic mass is 10.1. The molecule has 5 nitrogen and oxygen atoms in total. The van der Waals surface area contributed by atoms with E-state index in [0.717, 1.165) is 34.5 Å². The van der Waals surface area contributed by atoms with Crippen molar-refractivity contribution in [2.24, 2.45) is 4.99 Å². The summed E-state index contributed by atoms with van der Waals surface area (Å²) in [4.78, 5) is 32.2. The lowest BCUT2D eigenvalue weighted by molar-refractivity contribution is -0.128. The Hall–Kier alpha value is -2.60. The Kier molecular flexibility index (Phi) is 6.98. The van der Waals surface area contributed by atoms with Gasteiger partial charge in [-0.3, -0.25) is 14.5 Å². The highest BCUT2D eigenvalue weighted by atomic mass is 32.2. The normalized spacial score (nSPS) is 17.6. The van der Waals surface area contributed by atoms with Crippen LogP contribution < -0.4 is 5.32 Å². The molecule has 0 bridgehead atoms. The van der Waals surface area contributed by atoms with Crippen LogP contribution in [0.2, 0.25) is 0 Å². The van der Waals surface area contributed by atoms with Crippen LogP contribution in [0.25, 0.3) is 0 Å². The van der Waals surface area contributed by atoms with Crippen molar-refractivity contribution in [1.82, 2.24) is 4.90 Å². The van der Waals surface area contributed by atoms with E-state index in [4.69, 9.17) is 4.99 Å². The number of hydrogen-bond acceptors (Lipinski definition) is 4. The predicted octanol–water partition coefficient (Wildman–Crippen LogP) is 5.29. The van der Waals surface area contributed by atoms with Gasteiger partial charge in [0.15, 0.2) is 5.17 Å². The van der Waals surface area contributed by atoms with Crippen molar-refractivity contribution in [1.29, 1.82) is 0 Å². The van der Waals surface area contributed by atoms with E-state index in [1.54, 1.807) is 4.90 Å². The minimum absolute atomic E-state index is 0.0398. The van der Waals surface area contributed by atoms with Crippen molar-refractivity contribution in [3.05, 3.63) is 58.7 Å². The van der Waals surface area contributed by atoms with Gasteiger partial charge >= 0.3 is 0 Å². The van der Waals surface area contributed by atoms with Crippen LogP contribution in [0.15, 0.2) is 41.4 Å². The number of benzene rings is 2. The van der Waals surface area contributed by atoms with E-state index in [0.29, 0.717) is 11.7 Å². The van der Waals surface area contributed by atoms with E-state index in [9.17, 15) is 9.59 Å². The Morgan fingerprint density at radius 2 is 1.80 bits per heavy atom. The molecule has 0 spiro atoms. The van der Waals surface area contributed by atoms with Crippen molar-refractivity contribution in [2.75, 3.05) is 11.9 Å². The molecule has 2 aromatic carbocycles. The first-order chi connectivity index (χ1) is 14.3. The molecular formula is C24H29N3O2S. The molecule has 3 rings (SSSR count). The molecule has 0 radical (unpaired) electrons. The summed E-state index contributed by atoms with van der Waals surface area (Å²) < 4.78 is 0. The fourth-order valence-electron chi connectivity index (χ4n) is 3.56. The maximum absolute atomic E-state index is 13.0. The zero-order chi connectivity index (χ0) is 21.8. The Morgan fingerprint density at radius 1 is 1.10 bits per heavy atom. The van der Waals surface area contributed by atoms with Gasteiger partial charge in [-0.2, -0.15) is 0 Å². The van der Waals surface area contributed by atoms with Crippen LogP contribution in [0.5, 0.6) is 0 Å². The van der Waals surface area contributed by atoms with Crippen LogP contribution in [0.1, 0.15) is 42.0 Å². The topological polar surface area (TPSA) is 61.8 Å². The molecule has 30 heavy (non-hydrogen) atoms. The van der Waals surface area contributed by atoms with Gasteiger partial charge in [0.1, 0.15) is 5.25 Å². The van der Waals surface area contributed by atoms with Crippen LogP contribution in [0.4, 0.5) is 11.4 Å². The number of para-hydroxylation sites is 1. The van der Waals surface area contributed by atoms with Gasteiger partial charge in [0.25, 0.3) is 0 Å². The molecule has 1 heterocycles. The van der Waals surface area contributed by atoms with Crippen molar-refractivity contribution < 1.29 is 9.59 Å². The maximum Gasteiger partial charge on any atom is 0.242 e. The van der Waals surface area contributed by atoms with E-state index in [1.807, 2.05) is 65.0 Å². The predicted molar refractivity (Wildman–Crippen MR) is 126 cm³/mol. The third-order valence-corrected chi connectivity index (χ3v) is 6.33. The molecule has 158 valence electrons. The number of nitrogens with zero attached hydrogens (tertiary/aromatic N) is 2. The number of rotatable bonds is 6. The maximum atomic E-state index is 13.0. The van der Waals surface area contributed by atoms with Crippen LogP contribution in [0, 0.1) is 27.7 Å². The van der Waals surface area contributed by atoms with Crippen LogP contribution in [0.3, 0.4) is 0 Å². The van der Waals surface area contributed by atoms with E-state index in [2.05, 4.69) is 11.4 Å². The molecule has 2 amide bonds. The first-order valence-corrected chi connectivity index (χ1v) is 11.2. The lowest BCUT2D eigenvalue weighted by Gasteiger charge is -2.16. The molecule has 1 N–H and O–H groups in total. The van der Waals surface area contributed by atoms with Gasteiger partial charge in [0.05, 0.1) is 5.69 Å². The molecule has 6 heteroatoms. The van der Waals surface area contributed by atoms with E-state index < -0.39 is 5.25 Å². The zero-order valence-corrected chi connectivity index (χ0v) is 19.1. The summed E-state index contributed by atoms with van der Waals surface area (Å²) in [5.74, 6) is -0.190. The number of aliphatic imine (C=N–C) groups is 1. The SMILES string of the molecule is CCCN1C(=O)C(CC(=O)Nc2c(C)cccc2C)SC1=Nc1ccc(C)cc1C. The van der Waals surface area contributed by atoms with Crippen molar-refractivity contribution >= 4 is 40.1 Å². The molecule has 1 aliphatic rings.